The lowest BCUT2D eigenvalue weighted by Gasteiger charge is -2.23. The number of oxime groups is 1. The summed E-state index contributed by atoms with van der Waals surface area (Å²) in [4.78, 5) is 0. The van der Waals surface area contributed by atoms with E-state index in [0.29, 0.717) is 23.7 Å². The van der Waals surface area contributed by atoms with Gasteiger partial charge in [-0.15, -0.1) is 0 Å². The molecule has 4 aromatic rings. The van der Waals surface area contributed by atoms with E-state index in [1.54, 1.807) is 0 Å². The van der Waals surface area contributed by atoms with Gasteiger partial charge in [0.05, 0.1) is 5.71 Å². The second-order valence-electron chi connectivity index (χ2n) is 13.5. The molecule has 3 heteroatoms. The van der Waals surface area contributed by atoms with E-state index in [1.807, 2.05) is 13.0 Å². The lowest BCUT2D eigenvalue weighted by atomic mass is 9.82. The summed E-state index contributed by atoms with van der Waals surface area (Å²) in [6, 6.07) is 36.8. The maximum Gasteiger partial charge on any atom is 0.0576 e. The van der Waals surface area contributed by atoms with Crippen molar-refractivity contribution in [2.24, 2.45) is 5.16 Å². The molecule has 0 aromatic heterocycles. The monoisotopic (exact) mass is 616 g/mol. The Labute approximate surface area is 279 Å². The third-order valence-electron chi connectivity index (χ3n) is 8.57. The second-order valence-corrected chi connectivity index (χ2v) is 13.5. The number of hydrogen-bond acceptors (Lipinski definition) is 3. The Bertz CT molecular complexity index is 1470. The molecule has 3 nitrogen and oxygen atoms in total. The van der Waals surface area contributed by atoms with E-state index in [1.165, 1.54) is 39.8 Å². The van der Waals surface area contributed by atoms with Crippen LogP contribution in [0.25, 0.3) is 11.1 Å². The summed E-state index contributed by atoms with van der Waals surface area (Å²) in [6.45, 7) is 20.0. The minimum atomic E-state index is 0.538. The third-order valence-corrected chi connectivity index (χ3v) is 8.57. The van der Waals surface area contributed by atoms with Gasteiger partial charge in [-0.05, 0) is 102 Å². The molecule has 46 heavy (non-hydrogen) atoms. The molecule has 4 aromatic carbocycles. The Morgan fingerprint density at radius 1 is 0.717 bits per heavy atom. The second kappa shape index (κ2) is 18.8. The molecule has 1 saturated carbocycles. The lowest BCUT2D eigenvalue weighted by Crippen LogP contribution is -2.13. The Kier molecular flexibility index (Phi) is 14.8. The molecule has 0 radical (unpaired) electrons. The largest absolute Gasteiger partial charge is 0.411 e. The Balaban J connectivity index is 0.000000189. The highest BCUT2D eigenvalue weighted by atomic mass is 16.4. The van der Waals surface area contributed by atoms with E-state index in [-0.39, 0.29) is 0 Å². The van der Waals surface area contributed by atoms with Crippen LogP contribution in [-0.2, 0) is 0 Å². The molecule has 0 heterocycles. The van der Waals surface area contributed by atoms with Crippen molar-refractivity contribution in [3.05, 3.63) is 138 Å². The average Bonchev–Trinajstić information content (AvgIpc) is 3.08. The first kappa shape index (κ1) is 36.4. The summed E-state index contributed by atoms with van der Waals surface area (Å²) in [6.07, 6.45) is 4.21. The van der Waals surface area contributed by atoms with E-state index in [4.69, 9.17) is 5.21 Å². The first-order valence-corrected chi connectivity index (χ1v) is 17.0. The zero-order valence-corrected chi connectivity index (χ0v) is 29.3. The van der Waals surface area contributed by atoms with Crippen molar-refractivity contribution < 1.29 is 5.21 Å². The fourth-order valence-corrected chi connectivity index (χ4v) is 5.50. The van der Waals surface area contributed by atoms with Crippen LogP contribution in [-0.4, -0.2) is 17.5 Å². The highest BCUT2D eigenvalue weighted by molar-refractivity contribution is 5.85. The van der Waals surface area contributed by atoms with Crippen molar-refractivity contribution in [3.8, 4) is 11.1 Å². The number of nitrogens with zero attached hydrogens (tertiary/aromatic N) is 1. The quantitative estimate of drug-likeness (QED) is 0.117. The van der Waals surface area contributed by atoms with E-state index in [9.17, 15) is 0 Å². The highest BCUT2D eigenvalue weighted by Gasteiger charge is 2.20. The molecule has 1 aliphatic rings. The van der Waals surface area contributed by atoms with Gasteiger partial charge in [-0.2, -0.15) is 0 Å². The molecule has 0 saturated heterocycles. The predicted molar refractivity (Wildman–Crippen MR) is 201 cm³/mol. The molecule has 1 atom stereocenters. The number of nitrogens with one attached hydrogen (secondary N) is 1. The van der Waals surface area contributed by atoms with Gasteiger partial charge in [0.2, 0.25) is 0 Å². The van der Waals surface area contributed by atoms with E-state index in [0.717, 1.165) is 42.8 Å². The molecule has 1 fully saturated rings. The molecule has 0 aliphatic heterocycles. The maximum absolute atomic E-state index is 8.86. The van der Waals surface area contributed by atoms with Crippen LogP contribution >= 0.6 is 0 Å². The molecule has 0 amide bonds. The molecule has 0 bridgehead atoms. The average molecular weight is 617 g/mol. The van der Waals surface area contributed by atoms with Crippen molar-refractivity contribution in [2.75, 3.05) is 11.9 Å². The minimum absolute atomic E-state index is 0.538. The van der Waals surface area contributed by atoms with Crippen molar-refractivity contribution in [1.29, 1.82) is 0 Å². The van der Waals surface area contributed by atoms with Gasteiger partial charge in [0.1, 0.15) is 0 Å². The lowest BCUT2D eigenvalue weighted by molar-refractivity contribution is 0.313. The Hall–Kier alpha value is -4.11. The first-order chi connectivity index (χ1) is 22.1. The van der Waals surface area contributed by atoms with E-state index in [2.05, 4.69) is 156 Å². The number of benzene rings is 4. The van der Waals surface area contributed by atoms with Crippen LogP contribution in [0.1, 0.15) is 120 Å². The van der Waals surface area contributed by atoms with Gasteiger partial charge in [0.15, 0.2) is 0 Å². The van der Waals surface area contributed by atoms with Crippen LogP contribution in [0.2, 0.25) is 0 Å². The van der Waals surface area contributed by atoms with Crippen LogP contribution < -0.4 is 5.32 Å². The van der Waals surface area contributed by atoms with Gasteiger partial charge < -0.3 is 10.5 Å². The fourth-order valence-electron chi connectivity index (χ4n) is 5.50. The summed E-state index contributed by atoms with van der Waals surface area (Å²) in [7, 11) is 0. The first-order valence-electron chi connectivity index (χ1n) is 17.0. The maximum atomic E-state index is 8.86. The molecule has 244 valence electrons. The number of rotatable bonds is 8. The molecule has 0 spiro atoms. The third kappa shape index (κ3) is 12.0. The van der Waals surface area contributed by atoms with Gasteiger partial charge in [-0.25, -0.2) is 0 Å². The standard InChI is InChI=1S/C15H21NO.C15H16.C13H19N/c1-11(2)12-6-8-13(9-7-12)14-4-3-5-15(10-14)16-17;1-12(2)13-8-10-15(11-9-13)14-6-4-3-5-7-14;1-10(2)9-14-13-7-5-12(6-8-13)11(3)4/h6-9,11,14,17H,3-5,10H2,1-2H3;3-12H,1-2H3;5-8,11,14H,1,9H2,2-4H3/b16-15+;;. The van der Waals surface area contributed by atoms with Crippen LogP contribution in [0, 0.1) is 0 Å². The van der Waals surface area contributed by atoms with Gasteiger partial charge in [0, 0.05) is 12.2 Å². The van der Waals surface area contributed by atoms with Crippen LogP contribution in [0.15, 0.2) is 120 Å². The van der Waals surface area contributed by atoms with Crippen molar-refractivity contribution in [2.45, 2.75) is 97.8 Å². The van der Waals surface area contributed by atoms with Gasteiger partial charge >= 0.3 is 0 Å². The SMILES string of the molecule is C=C(C)CNc1ccc(C(C)C)cc1.CC(C)c1ccc(-c2ccccc2)cc1.CC(C)c1ccc(C2CCC/C(=N\O)C2)cc1. The number of hydrogen-bond donors (Lipinski definition) is 2. The van der Waals surface area contributed by atoms with Crippen LogP contribution in [0.5, 0.6) is 0 Å². The Morgan fingerprint density at radius 2 is 1.20 bits per heavy atom. The zero-order chi connectivity index (χ0) is 33.5. The van der Waals surface area contributed by atoms with Crippen molar-refractivity contribution in [3.63, 3.8) is 0 Å². The topological polar surface area (TPSA) is 44.6 Å². The summed E-state index contributed by atoms with van der Waals surface area (Å²) in [5, 5.41) is 15.6. The van der Waals surface area contributed by atoms with Crippen molar-refractivity contribution >= 4 is 11.4 Å². The predicted octanol–water partition coefficient (Wildman–Crippen LogP) is 12.6. The molecule has 1 aliphatic carbocycles. The van der Waals surface area contributed by atoms with E-state index < -0.39 is 0 Å². The normalized spacial score (nSPS) is 15.2. The van der Waals surface area contributed by atoms with Crippen molar-refractivity contribution in [1.82, 2.24) is 0 Å². The van der Waals surface area contributed by atoms with Crippen LogP contribution in [0.4, 0.5) is 5.69 Å². The molecular weight excluding hydrogens is 560 g/mol. The molecule has 5 rings (SSSR count). The van der Waals surface area contributed by atoms with E-state index >= 15 is 0 Å². The Morgan fingerprint density at radius 3 is 1.67 bits per heavy atom. The highest BCUT2D eigenvalue weighted by Crippen LogP contribution is 2.32. The zero-order valence-electron chi connectivity index (χ0n) is 29.3. The smallest absolute Gasteiger partial charge is 0.0576 e. The van der Waals surface area contributed by atoms with Gasteiger partial charge in [-0.3, -0.25) is 0 Å². The van der Waals surface area contributed by atoms with Gasteiger partial charge in [-0.1, -0.05) is 150 Å². The number of anilines is 1. The molecular formula is C43H56N2O. The fraction of sp³-hybridized carbons (Fsp3) is 0.372. The molecule has 2 N–H and O–H groups in total. The summed E-state index contributed by atoms with van der Waals surface area (Å²) < 4.78 is 0. The summed E-state index contributed by atoms with van der Waals surface area (Å²) in [5.74, 6) is 2.33. The summed E-state index contributed by atoms with van der Waals surface area (Å²) >= 11 is 0. The molecule has 1 unspecified atom stereocenters. The van der Waals surface area contributed by atoms with Crippen LogP contribution in [0.3, 0.4) is 0 Å². The summed E-state index contributed by atoms with van der Waals surface area (Å²) in [5.41, 5.74) is 11.4. The minimum Gasteiger partial charge on any atom is -0.411 e. The van der Waals surface area contributed by atoms with Gasteiger partial charge in [0.25, 0.3) is 0 Å².